The summed E-state index contributed by atoms with van der Waals surface area (Å²) >= 11 is 5.77. The third kappa shape index (κ3) is 5.64. The lowest BCUT2D eigenvalue weighted by Crippen LogP contribution is -2.21. The Balaban J connectivity index is 1.92. The molecule has 1 atom stereocenters. The first kappa shape index (κ1) is 23.3. The molecule has 2 aromatic carbocycles. The Hall–Kier alpha value is -3.39. The lowest BCUT2D eigenvalue weighted by Gasteiger charge is -2.18. The van der Waals surface area contributed by atoms with Crippen LogP contribution >= 0.6 is 11.6 Å². The second kappa shape index (κ2) is 10.3. The summed E-state index contributed by atoms with van der Waals surface area (Å²) in [5.41, 5.74) is 2.92. The highest BCUT2D eigenvalue weighted by molar-refractivity contribution is 6.30. The van der Waals surface area contributed by atoms with Gasteiger partial charge in [0.25, 0.3) is 0 Å². The molecule has 1 unspecified atom stereocenters. The summed E-state index contributed by atoms with van der Waals surface area (Å²) < 4.78 is 20.5. The maximum atomic E-state index is 14.1. The summed E-state index contributed by atoms with van der Waals surface area (Å²) in [6, 6.07) is 8.98. The van der Waals surface area contributed by atoms with Crippen molar-refractivity contribution in [2.24, 2.45) is 7.05 Å². The molecule has 2 N–H and O–H groups in total. The molecular weight excluding hydrogens is 435 g/mol. The number of aromatic nitrogens is 2. The standard InChI is InChI=1S/C23H24ClFN4O3/c1-4-14(10-22(30)32-3)15-5-7-18(16-12-26-29(2)13-16)21(9-15)28-23(31)27-20-8-6-17(24)11-19(20)25/h5-9,11-14H,4,10H2,1-3H3,(H2,27,28,31). The minimum atomic E-state index is -0.641. The van der Waals surface area contributed by atoms with Gasteiger partial charge >= 0.3 is 12.0 Å². The molecule has 0 fully saturated rings. The summed E-state index contributed by atoms with van der Waals surface area (Å²) in [7, 11) is 3.15. The Morgan fingerprint density at radius 2 is 1.94 bits per heavy atom. The average Bonchev–Trinajstić information content (AvgIpc) is 3.19. The van der Waals surface area contributed by atoms with Gasteiger partial charge in [0.2, 0.25) is 0 Å². The Morgan fingerprint density at radius 1 is 1.19 bits per heavy atom. The normalized spacial score (nSPS) is 11.7. The van der Waals surface area contributed by atoms with Gasteiger partial charge in [0.05, 0.1) is 31.1 Å². The summed E-state index contributed by atoms with van der Waals surface area (Å²) in [5, 5.41) is 9.71. The lowest BCUT2D eigenvalue weighted by molar-refractivity contribution is -0.141. The number of anilines is 2. The van der Waals surface area contributed by atoms with E-state index in [9.17, 15) is 14.0 Å². The van der Waals surface area contributed by atoms with Crippen LogP contribution in [0.3, 0.4) is 0 Å². The van der Waals surface area contributed by atoms with Crippen LogP contribution in [0.25, 0.3) is 11.1 Å². The van der Waals surface area contributed by atoms with E-state index in [0.29, 0.717) is 12.1 Å². The van der Waals surface area contributed by atoms with Crippen molar-refractivity contribution in [2.45, 2.75) is 25.7 Å². The molecule has 168 valence electrons. The Labute approximate surface area is 190 Å². The minimum Gasteiger partial charge on any atom is -0.469 e. The molecule has 0 aliphatic rings. The molecular formula is C23H24ClFN4O3. The molecule has 0 aliphatic carbocycles. The topological polar surface area (TPSA) is 85.2 Å². The molecule has 3 rings (SSSR count). The number of nitrogens with zero attached hydrogens (tertiary/aromatic N) is 2. The number of hydrogen-bond donors (Lipinski definition) is 2. The number of rotatable bonds is 7. The number of methoxy groups -OCH3 is 1. The molecule has 0 spiro atoms. The third-order valence-electron chi connectivity index (χ3n) is 5.09. The fourth-order valence-corrected chi connectivity index (χ4v) is 3.54. The largest absolute Gasteiger partial charge is 0.469 e. The number of hydrogen-bond acceptors (Lipinski definition) is 4. The second-order valence-corrected chi connectivity index (χ2v) is 7.73. The molecule has 0 radical (unpaired) electrons. The molecule has 0 saturated heterocycles. The summed E-state index contributed by atoms with van der Waals surface area (Å²) in [5.74, 6) is -1.03. The monoisotopic (exact) mass is 458 g/mol. The number of carbonyl (C=O) groups excluding carboxylic acids is 2. The van der Waals surface area contributed by atoms with E-state index in [1.165, 1.54) is 19.2 Å². The molecule has 0 aliphatic heterocycles. The maximum absolute atomic E-state index is 14.1. The number of ether oxygens (including phenoxy) is 1. The summed E-state index contributed by atoms with van der Waals surface area (Å²) in [4.78, 5) is 24.5. The van der Waals surface area contributed by atoms with Crippen LogP contribution < -0.4 is 10.6 Å². The highest BCUT2D eigenvalue weighted by atomic mass is 35.5. The first-order chi connectivity index (χ1) is 15.3. The quantitative estimate of drug-likeness (QED) is 0.452. The van der Waals surface area contributed by atoms with Crippen LogP contribution in [0.1, 0.15) is 31.2 Å². The van der Waals surface area contributed by atoms with Crippen molar-refractivity contribution in [2.75, 3.05) is 17.7 Å². The van der Waals surface area contributed by atoms with Crippen molar-refractivity contribution in [1.29, 1.82) is 0 Å². The molecule has 32 heavy (non-hydrogen) atoms. The van der Waals surface area contributed by atoms with Crippen molar-refractivity contribution < 1.29 is 18.7 Å². The SMILES string of the molecule is CCC(CC(=O)OC)c1ccc(-c2cnn(C)c2)c(NC(=O)Nc2ccc(Cl)cc2F)c1. The Kier molecular flexibility index (Phi) is 7.48. The summed E-state index contributed by atoms with van der Waals surface area (Å²) in [6.45, 7) is 1.98. The number of amides is 2. The van der Waals surface area contributed by atoms with Crippen LogP contribution in [0.15, 0.2) is 48.8 Å². The number of nitrogens with one attached hydrogen (secondary N) is 2. The number of halogens is 2. The Bertz CT molecular complexity index is 1130. The molecule has 1 heterocycles. The first-order valence-corrected chi connectivity index (χ1v) is 10.4. The van der Waals surface area contributed by atoms with E-state index in [4.69, 9.17) is 16.3 Å². The van der Waals surface area contributed by atoms with Gasteiger partial charge in [0, 0.05) is 29.4 Å². The molecule has 0 bridgehead atoms. The van der Waals surface area contributed by atoms with Gasteiger partial charge in [-0.15, -0.1) is 0 Å². The number of urea groups is 1. The van der Waals surface area contributed by atoms with Crippen LogP contribution in [0, 0.1) is 5.82 Å². The van der Waals surface area contributed by atoms with E-state index in [1.54, 1.807) is 17.9 Å². The van der Waals surface area contributed by atoms with Gasteiger partial charge in [-0.2, -0.15) is 5.10 Å². The van der Waals surface area contributed by atoms with Crippen LogP contribution in [0.2, 0.25) is 5.02 Å². The van der Waals surface area contributed by atoms with Gasteiger partial charge in [-0.1, -0.05) is 30.7 Å². The third-order valence-corrected chi connectivity index (χ3v) is 5.33. The predicted octanol–water partition coefficient (Wildman–Crippen LogP) is 5.58. The van der Waals surface area contributed by atoms with Crippen LogP contribution in [-0.4, -0.2) is 28.9 Å². The van der Waals surface area contributed by atoms with Crippen molar-refractivity contribution in [3.63, 3.8) is 0 Å². The zero-order chi connectivity index (χ0) is 23.3. The van der Waals surface area contributed by atoms with Gasteiger partial charge in [-0.25, -0.2) is 9.18 Å². The van der Waals surface area contributed by atoms with Gasteiger partial charge in [0.15, 0.2) is 0 Å². The lowest BCUT2D eigenvalue weighted by atomic mass is 9.91. The van der Waals surface area contributed by atoms with E-state index in [0.717, 1.165) is 22.8 Å². The van der Waals surface area contributed by atoms with Crippen molar-refractivity contribution in [3.05, 3.63) is 65.2 Å². The molecule has 3 aromatic rings. The van der Waals surface area contributed by atoms with Crippen molar-refractivity contribution in [3.8, 4) is 11.1 Å². The molecule has 9 heteroatoms. The van der Waals surface area contributed by atoms with Crippen molar-refractivity contribution >= 4 is 35.0 Å². The molecule has 2 amide bonds. The number of carbonyl (C=O) groups is 2. The van der Waals surface area contributed by atoms with Crippen LogP contribution in [0.4, 0.5) is 20.6 Å². The average molecular weight is 459 g/mol. The zero-order valence-corrected chi connectivity index (χ0v) is 18.7. The smallest absolute Gasteiger partial charge is 0.323 e. The van der Waals surface area contributed by atoms with Gasteiger partial charge < -0.3 is 15.4 Å². The van der Waals surface area contributed by atoms with Gasteiger partial charge in [-0.05, 0) is 42.2 Å². The number of benzene rings is 2. The zero-order valence-electron chi connectivity index (χ0n) is 18.0. The van der Waals surface area contributed by atoms with Gasteiger partial charge in [-0.3, -0.25) is 9.48 Å². The number of aryl methyl sites for hydroxylation is 1. The number of esters is 1. The highest BCUT2D eigenvalue weighted by Crippen LogP contribution is 2.33. The van der Waals surface area contributed by atoms with E-state index in [2.05, 4.69) is 15.7 Å². The van der Waals surface area contributed by atoms with E-state index in [1.807, 2.05) is 31.3 Å². The fraction of sp³-hybridized carbons (Fsp3) is 0.261. The maximum Gasteiger partial charge on any atom is 0.323 e. The molecule has 7 nitrogen and oxygen atoms in total. The van der Waals surface area contributed by atoms with E-state index < -0.39 is 11.8 Å². The van der Waals surface area contributed by atoms with Crippen molar-refractivity contribution in [1.82, 2.24) is 9.78 Å². The minimum absolute atomic E-state index is 0.00288. The van der Waals surface area contributed by atoms with E-state index >= 15 is 0 Å². The fourth-order valence-electron chi connectivity index (χ4n) is 3.38. The van der Waals surface area contributed by atoms with E-state index in [-0.39, 0.29) is 29.0 Å². The predicted molar refractivity (Wildman–Crippen MR) is 122 cm³/mol. The first-order valence-electron chi connectivity index (χ1n) is 10.0. The van der Waals surface area contributed by atoms with Crippen LogP contribution in [-0.2, 0) is 16.6 Å². The highest BCUT2D eigenvalue weighted by Gasteiger charge is 2.18. The Morgan fingerprint density at radius 3 is 2.56 bits per heavy atom. The summed E-state index contributed by atoms with van der Waals surface area (Å²) in [6.07, 6.45) is 4.44. The molecule has 0 saturated carbocycles. The molecule has 1 aromatic heterocycles. The second-order valence-electron chi connectivity index (χ2n) is 7.30. The van der Waals surface area contributed by atoms with Gasteiger partial charge in [0.1, 0.15) is 5.82 Å². The van der Waals surface area contributed by atoms with Crippen LogP contribution in [0.5, 0.6) is 0 Å².